The molecule has 0 radical (unpaired) electrons. The fraction of sp³-hybridized carbons (Fsp3) is 0.333. The molecule has 0 saturated carbocycles. The maximum absolute atomic E-state index is 12.9. The number of aryl methyl sites for hydroxylation is 2. The van der Waals surface area contributed by atoms with E-state index in [0.717, 1.165) is 54.4 Å². The normalized spacial score (nSPS) is 13.8. The lowest BCUT2D eigenvalue weighted by Gasteiger charge is -2.37. The minimum Gasteiger partial charge on any atom is -0.479 e. The number of ether oxygens (including phenoxy) is 1. The van der Waals surface area contributed by atoms with Gasteiger partial charge >= 0.3 is 0 Å². The number of anilines is 2. The van der Waals surface area contributed by atoms with E-state index in [0.29, 0.717) is 17.3 Å². The molecule has 0 spiro atoms. The van der Waals surface area contributed by atoms with E-state index in [1.54, 1.807) is 31.8 Å². The highest BCUT2D eigenvalue weighted by Gasteiger charge is 2.22. The van der Waals surface area contributed by atoms with E-state index in [1.165, 1.54) is 11.0 Å². The highest BCUT2D eigenvalue weighted by atomic mass is 16.5. The van der Waals surface area contributed by atoms with Crippen molar-refractivity contribution < 1.29 is 9.26 Å². The summed E-state index contributed by atoms with van der Waals surface area (Å²) in [7, 11) is 1.60. The molecule has 5 heterocycles. The quantitative estimate of drug-likeness (QED) is 0.411. The molecule has 11 nitrogen and oxygen atoms in total. The van der Waals surface area contributed by atoms with E-state index in [4.69, 9.17) is 9.26 Å². The first kappa shape index (κ1) is 22.5. The third-order valence-electron chi connectivity index (χ3n) is 6.17. The van der Waals surface area contributed by atoms with Crippen LogP contribution in [0.3, 0.4) is 0 Å². The molecule has 1 fully saturated rings. The van der Waals surface area contributed by atoms with Crippen LogP contribution in [-0.4, -0.2) is 63.2 Å². The summed E-state index contributed by atoms with van der Waals surface area (Å²) < 4.78 is 12.2. The summed E-state index contributed by atoms with van der Waals surface area (Å²) in [6.45, 7) is 6.99. The number of pyridine rings is 1. The molecule has 0 bridgehead atoms. The average Bonchev–Trinajstić information content (AvgIpc) is 3.25. The van der Waals surface area contributed by atoms with Gasteiger partial charge in [0.25, 0.3) is 5.56 Å². The molecule has 11 heteroatoms. The van der Waals surface area contributed by atoms with Crippen LogP contribution < -0.4 is 20.1 Å². The van der Waals surface area contributed by atoms with Gasteiger partial charge < -0.3 is 19.1 Å². The van der Waals surface area contributed by atoms with E-state index in [-0.39, 0.29) is 12.1 Å². The second-order valence-corrected chi connectivity index (χ2v) is 8.36. The minimum absolute atomic E-state index is 0.184. The molecule has 180 valence electrons. The van der Waals surface area contributed by atoms with Crippen LogP contribution in [0.5, 0.6) is 5.88 Å². The highest BCUT2D eigenvalue weighted by Crippen LogP contribution is 2.27. The summed E-state index contributed by atoms with van der Waals surface area (Å²) in [5, 5.41) is 8.63. The zero-order valence-electron chi connectivity index (χ0n) is 19.9. The summed E-state index contributed by atoms with van der Waals surface area (Å²) in [6, 6.07) is 5.49. The van der Waals surface area contributed by atoms with Gasteiger partial charge in [-0.15, -0.1) is 0 Å². The molecule has 0 atom stereocenters. The monoisotopic (exact) mass is 474 g/mol. The standard InChI is InChI=1S/C24H26N8O3/c1-16-4-5-18(11-26-16)23-20(17(2)35-29-23)14-32-22(33)10-19(12-28-32)30-6-8-31(9-7-30)21-13-25-15-27-24(21)34-3/h4-5,10-13,15H,6-9,14H2,1-3H3. The number of piperazine rings is 1. The molecular weight excluding hydrogens is 448 g/mol. The van der Waals surface area contributed by atoms with Gasteiger partial charge in [0.15, 0.2) is 0 Å². The van der Waals surface area contributed by atoms with Crippen LogP contribution in [0.1, 0.15) is 17.0 Å². The molecular formula is C24H26N8O3. The van der Waals surface area contributed by atoms with Crippen molar-refractivity contribution in [3.8, 4) is 17.1 Å². The van der Waals surface area contributed by atoms with Crippen molar-refractivity contribution in [2.45, 2.75) is 20.4 Å². The van der Waals surface area contributed by atoms with Crippen molar-refractivity contribution in [3.63, 3.8) is 0 Å². The Kier molecular flexibility index (Phi) is 6.13. The van der Waals surface area contributed by atoms with Crippen molar-refractivity contribution in [1.82, 2.24) is 29.9 Å². The lowest BCUT2D eigenvalue weighted by Crippen LogP contribution is -2.47. The molecule has 4 aromatic heterocycles. The zero-order valence-corrected chi connectivity index (χ0v) is 19.9. The summed E-state index contributed by atoms with van der Waals surface area (Å²) in [5.74, 6) is 1.21. The Morgan fingerprint density at radius 2 is 1.83 bits per heavy atom. The fourth-order valence-corrected chi connectivity index (χ4v) is 4.17. The van der Waals surface area contributed by atoms with Crippen molar-refractivity contribution in [1.29, 1.82) is 0 Å². The molecule has 1 saturated heterocycles. The second kappa shape index (κ2) is 9.53. The number of rotatable bonds is 6. The van der Waals surface area contributed by atoms with E-state index in [2.05, 4.69) is 35.0 Å². The smallest absolute Gasteiger partial charge is 0.269 e. The topological polar surface area (TPSA) is 115 Å². The SMILES string of the molecule is COc1ncncc1N1CCN(c2cnn(Cc3c(-c4ccc(C)nc4)noc3C)c(=O)c2)CC1. The van der Waals surface area contributed by atoms with Gasteiger partial charge in [-0.2, -0.15) is 5.10 Å². The van der Waals surface area contributed by atoms with Gasteiger partial charge in [-0.1, -0.05) is 5.16 Å². The molecule has 0 N–H and O–H groups in total. The van der Waals surface area contributed by atoms with Gasteiger partial charge in [-0.05, 0) is 26.0 Å². The Labute approximate surface area is 202 Å². The first-order valence-corrected chi connectivity index (χ1v) is 11.3. The summed E-state index contributed by atoms with van der Waals surface area (Å²) in [6.07, 6.45) is 6.73. The number of hydrogen-bond donors (Lipinski definition) is 0. The number of nitrogens with zero attached hydrogens (tertiary/aromatic N) is 8. The average molecular weight is 475 g/mol. The van der Waals surface area contributed by atoms with Gasteiger partial charge in [0.2, 0.25) is 5.88 Å². The van der Waals surface area contributed by atoms with E-state index in [9.17, 15) is 4.79 Å². The summed E-state index contributed by atoms with van der Waals surface area (Å²) in [5.41, 5.74) is 4.72. The van der Waals surface area contributed by atoms with Gasteiger partial charge in [0.1, 0.15) is 23.5 Å². The predicted octanol–water partition coefficient (Wildman–Crippen LogP) is 2.08. The number of methoxy groups -OCH3 is 1. The molecule has 5 rings (SSSR count). The van der Waals surface area contributed by atoms with Gasteiger partial charge in [-0.3, -0.25) is 9.78 Å². The van der Waals surface area contributed by atoms with Crippen molar-refractivity contribution >= 4 is 11.4 Å². The lowest BCUT2D eigenvalue weighted by molar-refractivity contribution is 0.395. The molecule has 0 unspecified atom stereocenters. The Hall–Kier alpha value is -4.28. The van der Waals surface area contributed by atoms with Crippen LogP contribution in [-0.2, 0) is 6.54 Å². The van der Waals surface area contributed by atoms with Crippen LogP contribution >= 0.6 is 0 Å². The van der Waals surface area contributed by atoms with Crippen LogP contribution in [0.4, 0.5) is 11.4 Å². The lowest BCUT2D eigenvalue weighted by atomic mass is 10.1. The molecule has 1 aliphatic heterocycles. The molecule has 0 amide bonds. The molecule has 4 aromatic rings. The van der Waals surface area contributed by atoms with Crippen LogP contribution in [0.15, 0.2) is 52.4 Å². The van der Waals surface area contributed by atoms with E-state index in [1.807, 2.05) is 26.0 Å². The molecule has 1 aliphatic rings. The highest BCUT2D eigenvalue weighted by molar-refractivity contribution is 5.62. The Bertz CT molecular complexity index is 1370. The molecule has 0 aromatic carbocycles. The van der Waals surface area contributed by atoms with E-state index >= 15 is 0 Å². The Morgan fingerprint density at radius 3 is 2.54 bits per heavy atom. The largest absolute Gasteiger partial charge is 0.479 e. The van der Waals surface area contributed by atoms with Crippen molar-refractivity contribution in [2.24, 2.45) is 0 Å². The zero-order chi connectivity index (χ0) is 24.4. The van der Waals surface area contributed by atoms with Crippen LogP contribution in [0.25, 0.3) is 11.3 Å². The number of hydrogen-bond acceptors (Lipinski definition) is 10. The molecule has 35 heavy (non-hydrogen) atoms. The van der Waals surface area contributed by atoms with Crippen LogP contribution in [0.2, 0.25) is 0 Å². The second-order valence-electron chi connectivity index (χ2n) is 8.36. The first-order chi connectivity index (χ1) is 17.0. The fourth-order valence-electron chi connectivity index (χ4n) is 4.17. The van der Waals surface area contributed by atoms with Crippen molar-refractivity contribution in [2.75, 3.05) is 43.1 Å². The summed E-state index contributed by atoms with van der Waals surface area (Å²) >= 11 is 0. The van der Waals surface area contributed by atoms with Crippen LogP contribution in [0, 0.1) is 13.8 Å². The Balaban J connectivity index is 1.30. The maximum atomic E-state index is 12.9. The minimum atomic E-state index is -0.184. The molecule has 0 aliphatic carbocycles. The predicted molar refractivity (Wildman–Crippen MR) is 130 cm³/mol. The Morgan fingerprint density at radius 1 is 1.03 bits per heavy atom. The van der Waals surface area contributed by atoms with Crippen molar-refractivity contribution in [3.05, 3.63) is 70.5 Å². The third kappa shape index (κ3) is 4.57. The third-order valence-corrected chi connectivity index (χ3v) is 6.17. The van der Waals surface area contributed by atoms with Gasteiger partial charge in [-0.25, -0.2) is 14.6 Å². The summed E-state index contributed by atoms with van der Waals surface area (Å²) in [4.78, 5) is 29.9. The first-order valence-electron chi connectivity index (χ1n) is 11.3. The van der Waals surface area contributed by atoms with E-state index < -0.39 is 0 Å². The maximum Gasteiger partial charge on any atom is 0.269 e. The van der Waals surface area contributed by atoms with Gasteiger partial charge in [0, 0.05) is 55.3 Å². The number of aromatic nitrogens is 6. The van der Waals surface area contributed by atoms with Gasteiger partial charge in [0.05, 0.1) is 31.7 Å².